The summed E-state index contributed by atoms with van der Waals surface area (Å²) in [5, 5.41) is 8.03. The first-order chi connectivity index (χ1) is 17.0. The van der Waals surface area contributed by atoms with Crippen molar-refractivity contribution in [2.24, 2.45) is 0 Å². The van der Waals surface area contributed by atoms with Crippen LogP contribution in [0.3, 0.4) is 0 Å². The molecule has 0 aliphatic rings. The van der Waals surface area contributed by atoms with Gasteiger partial charge in [0.05, 0.1) is 14.2 Å². The number of carbonyl (C=O) groups is 1. The summed E-state index contributed by atoms with van der Waals surface area (Å²) < 4.78 is 34.5. The zero-order valence-corrected chi connectivity index (χ0v) is 19.8. The van der Waals surface area contributed by atoms with Crippen LogP contribution in [-0.4, -0.2) is 36.1 Å². The lowest BCUT2D eigenvalue weighted by Gasteiger charge is -2.06. The highest BCUT2D eigenvalue weighted by Gasteiger charge is 2.12. The van der Waals surface area contributed by atoms with Crippen LogP contribution in [0.5, 0.6) is 17.2 Å². The number of thioether (sulfide) groups is 1. The summed E-state index contributed by atoms with van der Waals surface area (Å²) in [5.41, 5.74) is 2.45. The van der Waals surface area contributed by atoms with Gasteiger partial charge in [-0.15, -0.1) is 10.2 Å². The number of nitrogens with zero attached hydrogens (tertiary/aromatic N) is 2. The molecule has 4 aromatic rings. The molecule has 7 nitrogen and oxygen atoms in total. The molecule has 0 aliphatic carbocycles. The van der Waals surface area contributed by atoms with E-state index in [1.165, 1.54) is 24.3 Å². The van der Waals surface area contributed by atoms with Crippen molar-refractivity contribution in [3.63, 3.8) is 0 Å². The summed E-state index contributed by atoms with van der Waals surface area (Å²) in [6, 6.07) is 18.4. The van der Waals surface area contributed by atoms with Gasteiger partial charge in [-0.1, -0.05) is 36.0 Å². The van der Waals surface area contributed by atoms with Crippen molar-refractivity contribution >= 4 is 29.9 Å². The van der Waals surface area contributed by atoms with Gasteiger partial charge in [0.1, 0.15) is 28.8 Å². The average Bonchev–Trinajstić information content (AvgIpc) is 3.36. The molecule has 0 amide bonds. The number of methoxy groups -OCH3 is 2. The molecule has 0 bridgehead atoms. The first kappa shape index (κ1) is 24.0. The number of carbonyl (C=O) groups excluding carboxylic acids is 1. The van der Waals surface area contributed by atoms with Gasteiger partial charge in [0.25, 0.3) is 5.22 Å². The second kappa shape index (κ2) is 11.3. The van der Waals surface area contributed by atoms with E-state index in [0.29, 0.717) is 22.8 Å². The van der Waals surface area contributed by atoms with Crippen molar-refractivity contribution in [3.05, 3.63) is 83.7 Å². The van der Waals surface area contributed by atoms with E-state index >= 15 is 0 Å². The Balaban J connectivity index is 1.30. The number of hydrogen-bond acceptors (Lipinski definition) is 8. The average molecular weight is 493 g/mol. The molecule has 1 heterocycles. The van der Waals surface area contributed by atoms with Gasteiger partial charge in [-0.2, -0.15) is 0 Å². The first-order valence-corrected chi connectivity index (χ1v) is 11.4. The molecular weight excluding hydrogens is 471 g/mol. The highest BCUT2D eigenvalue weighted by atomic mass is 32.2. The number of benzene rings is 3. The van der Waals surface area contributed by atoms with Crippen LogP contribution < -0.4 is 14.2 Å². The third-order valence-electron chi connectivity index (χ3n) is 4.76. The van der Waals surface area contributed by atoms with Crippen molar-refractivity contribution in [2.75, 3.05) is 20.0 Å². The van der Waals surface area contributed by atoms with E-state index in [-0.39, 0.29) is 22.7 Å². The minimum atomic E-state index is -0.455. The van der Waals surface area contributed by atoms with Crippen LogP contribution >= 0.6 is 11.8 Å². The molecule has 0 spiro atoms. The molecule has 4 rings (SSSR count). The van der Waals surface area contributed by atoms with E-state index in [0.717, 1.165) is 22.9 Å². The van der Waals surface area contributed by atoms with Gasteiger partial charge in [-0.05, 0) is 59.7 Å². The van der Waals surface area contributed by atoms with Gasteiger partial charge in [-0.25, -0.2) is 4.39 Å². The quantitative estimate of drug-likeness (QED) is 0.126. The fourth-order valence-corrected chi connectivity index (χ4v) is 3.56. The van der Waals surface area contributed by atoms with Crippen molar-refractivity contribution in [1.29, 1.82) is 0 Å². The summed E-state index contributed by atoms with van der Waals surface area (Å²) >= 11 is 1.06. The maximum absolute atomic E-state index is 13.0. The van der Waals surface area contributed by atoms with E-state index in [1.807, 2.05) is 42.5 Å². The molecule has 1 aromatic heterocycles. The molecule has 3 aromatic carbocycles. The smallest absolute Gasteiger partial charge is 0.321 e. The molecular formula is C26H21FN2O5S. The summed E-state index contributed by atoms with van der Waals surface area (Å²) in [6.45, 7) is 0. The summed E-state index contributed by atoms with van der Waals surface area (Å²) in [4.78, 5) is 12.2. The molecule has 0 atom stereocenters. The normalized spacial score (nSPS) is 10.9. The Morgan fingerprint density at radius 3 is 2.20 bits per heavy atom. The maximum atomic E-state index is 13.0. The largest absolute Gasteiger partial charge is 0.497 e. The lowest BCUT2D eigenvalue weighted by Crippen LogP contribution is -2.10. The van der Waals surface area contributed by atoms with Crippen LogP contribution in [-0.2, 0) is 4.79 Å². The Kier molecular flexibility index (Phi) is 7.79. The molecule has 0 N–H and O–H groups in total. The number of ether oxygens (including phenoxy) is 3. The van der Waals surface area contributed by atoms with Crippen LogP contribution in [0.4, 0.5) is 4.39 Å². The molecule has 9 heteroatoms. The molecule has 0 fully saturated rings. The molecule has 0 unspecified atom stereocenters. The second-order valence-electron chi connectivity index (χ2n) is 7.19. The highest BCUT2D eigenvalue weighted by Crippen LogP contribution is 2.25. The SMILES string of the molecule is COc1cc(/C=C/c2ccc(OC(=O)CSc3nnc(-c4ccc(F)cc4)o3)cc2)cc(OC)c1. The Morgan fingerprint density at radius 2 is 1.54 bits per heavy atom. The van der Waals surface area contributed by atoms with E-state index in [4.69, 9.17) is 18.6 Å². The molecule has 0 saturated carbocycles. The van der Waals surface area contributed by atoms with Crippen molar-refractivity contribution < 1.29 is 27.8 Å². The summed E-state index contributed by atoms with van der Waals surface area (Å²) in [5.74, 6) is 1.26. The van der Waals surface area contributed by atoms with E-state index in [9.17, 15) is 9.18 Å². The summed E-state index contributed by atoms with van der Waals surface area (Å²) in [6.07, 6.45) is 3.87. The monoisotopic (exact) mass is 492 g/mol. The molecule has 0 radical (unpaired) electrons. The number of halogens is 1. The lowest BCUT2D eigenvalue weighted by molar-refractivity contribution is -0.131. The standard InChI is InChI=1S/C26H21FN2O5S/c1-31-22-13-18(14-23(15-22)32-2)4-3-17-5-11-21(12-6-17)33-24(30)16-35-26-29-28-25(34-26)19-7-9-20(27)10-8-19/h3-15H,16H2,1-2H3/b4-3+. The summed E-state index contributed by atoms with van der Waals surface area (Å²) in [7, 11) is 3.21. The Bertz CT molecular complexity index is 1300. The van der Waals surface area contributed by atoms with Gasteiger partial charge >= 0.3 is 5.97 Å². The Labute approximate surface area is 205 Å². The number of rotatable bonds is 9. The Morgan fingerprint density at radius 1 is 0.886 bits per heavy atom. The van der Waals surface area contributed by atoms with Crippen molar-refractivity contribution in [1.82, 2.24) is 10.2 Å². The predicted octanol–water partition coefficient (Wildman–Crippen LogP) is 5.76. The maximum Gasteiger partial charge on any atom is 0.321 e. The van der Waals surface area contributed by atoms with Gasteiger partial charge in [-0.3, -0.25) is 4.79 Å². The minimum absolute atomic E-state index is 0.00955. The van der Waals surface area contributed by atoms with Crippen LogP contribution in [0.15, 0.2) is 76.4 Å². The van der Waals surface area contributed by atoms with E-state index < -0.39 is 5.97 Å². The highest BCUT2D eigenvalue weighted by molar-refractivity contribution is 7.99. The fourth-order valence-electron chi connectivity index (χ4n) is 3.02. The number of aromatic nitrogens is 2. The predicted molar refractivity (Wildman–Crippen MR) is 131 cm³/mol. The Hall–Kier alpha value is -4.11. The third-order valence-corrected chi connectivity index (χ3v) is 5.56. The van der Waals surface area contributed by atoms with Gasteiger partial charge in [0, 0.05) is 11.6 Å². The van der Waals surface area contributed by atoms with Crippen molar-refractivity contribution in [2.45, 2.75) is 5.22 Å². The van der Waals surface area contributed by atoms with Crippen LogP contribution in [0, 0.1) is 5.82 Å². The topological polar surface area (TPSA) is 83.7 Å². The van der Waals surface area contributed by atoms with Gasteiger partial charge < -0.3 is 18.6 Å². The second-order valence-corrected chi connectivity index (χ2v) is 8.12. The van der Waals surface area contributed by atoms with Crippen LogP contribution in [0.1, 0.15) is 11.1 Å². The van der Waals surface area contributed by atoms with E-state index in [2.05, 4.69) is 10.2 Å². The zero-order chi connectivity index (χ0) is 24.6. The van der Waals surface area contributed by atoms with Crippen molar-refractivity contribution in [3.8, 4) is 28.7 Å². The number of esters is 1. The van der Waals surface area contributed by atoms with Gasteiger partial charge in [0.15, 0.2) is 0 Å². The molecule has 0 saturated heterocycles. The number of hydrogen-bond donors (Lipinski definition) is 0. The molecule has 35 heavy (non-hydrogen) atoms. The molecule has 0 aliphatic heterocycles. The van der Waals surface area contributed by atoms with Crippen LogP contribution in [0.25, 0.3) is 23.6 Å². The zero-order valence-electron chi connectivity index (χ0n) is 18.9. The van der Waals surface area contributed by atoms with Gasteiger partial charge in [0.2, 0.25) is 5.89 Å². The third kappa shape index (κ3) is 6.70. The first-order valence-electron chi connectivity index (χ1n) is 10.5. The molecule has 178 valence electrons. The van der Waals surface area contributed by atoms with Crippen LogP contribution in [0.2, 0.25) is 0 Å². The fraction of sp³-hybridized carbons (Fsp3) is 0.115. The lowest BCUT2D eigenvalue weighted by atomic mass is 10.1. The minimum Gasteiger partial charge on any atom is -0.497 e. The van der Waals surface area contributed by atoms with E-state index in [1.54, 1.807) is 26.4 Å².